The second-order valence-electron chi connectivity index (χ2n) is 4.89. The van der Waals surface area contributed by atoms with Gasteiger partial charge >= 0.3 is 5.97 Å². The lowest BCUT2D eigenvalue weighted by Crippen LogP contribution is -2.05. The van der Waals surface area contributed by atoms with E-state index in [9.17, 15) is 4.79 Å². The maximum absolute atomic E-state index is 10.8. The number of benzene rings is 1. The molecule has 0 spiro atoms. The average Bonchev–Trinajstić information content (AvgIpc) is 2.88. The molecular weight excluding hydrogens is 254 g/mol. The van der Waals surface area contributed by atoms with Gasteiger partial charge in [0, 0.05) is 34.9 Å². The number of carbonyl (C=O) groups is 1. The van der Waals surface area contributed by atoms with Crippen LogP contribution in [0.15, 0.2) is 30.3 Å². The molecule has 102 valence electrons. The molecule has 5 heteroatoms. The fourth-order valence-corrected chi connectivity index (χ4v) is 2.56. The number of aromatic nitrogens is 3. The minimum Gasteiger partial charge on any atom is -0.481 e. The molecule has 2 heterocycles. The number of aryl methyl sites for hydroxylation is 2. The quantitative estimate of drug-likeness (QED) is 0.767. The van der Waals surface area contributed by atoms with E-state index in [-0.39, 0.29) is 6.42 Å². The van der Waals surface area contributed by atoms with Crippen molar-refractivity contribution in [2.45, 2.75) is 13.3 Å². The summed E-state index contributed by atoms with van der Waals surface area (Å²) in [6.45, 7) is 2.00. The number of para-hydroxylation sites is 1. The van der Waals surface area contributed by atoms with Gasteiger partial charge in [-0.05, 0) is 19.1 Å². The molecule has 0 bridgehead atoms. The molecule has 20 heavy (non-hydrogen) atoms. The molecular formula is C15H15N3O2. The second-order valence-corrected chi connectivity index (χ2v) is 4.89. The molecule has 3 aromatic rings. The SMILES string of the molecule is Cc1[nH]c2ccccc2c1-c1cc(CC(=O)O)n(C)n1. The first-order valence-electron chi connectivity index (χ1n) is 6.38. The molecule has 0 saturated carbocycles. The zero-order chi connectivity index (χ0) is 14.3. The lowest BCUT2D eigenvalue weighted by atomic mass is 10.1. The smallest absolute Gasteiger partial charge is 0.309 e. The number of fused-ring (bicyclic) bond motifs is 1. The number of aliphatic carboxylic acids is 1. The Hall–Kier alpha value is -2.56. The molecule has 0 fully saturated rings. The number of carboxylic acids is 1. The molecule has 0 unspecified atom stereocenters. The van der Waals surface area contributed by atoms with Crippen molar-refractivity contribution in [2.75, 3.05) is 0 Å². The van der Waals surface area contributed by atoms with Crippen molar-refractivity contribution in [3.8, 4) is 11.3 Å². The van der Waals surface area contributed by atoms with Crippen molar-refractivity contribution in [2.24, 2.45) is 7.05 Å². The molecule has 5 nitrogen and oxygen atoms in total. The first-order chi connectivity index (χ1) is 9.56. The lowest BCUT2D eigenvalue weighted by Gasteiger charge is -1.96. The fourth-order valence-electron chi connectivity index (χ4n) is 2.56. The van der Waals surface area contributed by atoms with Crippen LogP contribution >= 0.6 is 0 Å². The minimum atomic E-state index is -0.852. The molecule has 2 aromatic heterocycles. The van der Waals surface area contributed by atoms with Crippen LogP contribution in [0.4, 0.5) is 0 Å². The molecule has 3 rings (SSSR count). The van der Waals surface area contributed by atoms with Gasteiger partial charge in [0.15, 0.2) is 0 Å². The Kier molecular flexibility index (Phi) is 2.82. The van der Waals surface area contributed by atoms with E-state index in [0.29, 0.717) is 5.69 Å². The van der Waals surface area contributed by atoms with E-state index in [4.69, 9.17) is 5.11 Å². The number of nitrogens with one attached hydrogen (secondary N) is 1. The Morgan fingerprint density at radius 2 is 2.15 bits per heavy atom. The number of hydrogen-bond donors (Lipinski definition) is 2. The molecule has 1 aromatic carbocycles. The summed E-state index contributed by atoms with van der Waals surface area (Å²) in [6.07, 6.45) is -0.0229. The summed E-state index contributed by atoms with van der Waals surface area (Å²) in [7, 11) is 1.77. The van der Waals surface area contributed by atoms with E-state index in [1.165, 1.54) is 0 Å². The van der Waals surface area contributed by atoms with Crippen LogP contribution in [0.2, 0.25) is 0 Å². The minimum absolute atomic E-state index is 0.0229. The van der Waals surface area contributed by atoms with Gasteiger partial charge in [0.2, 0.25) is 0 Å². The Labute approximate surface area is 115 Å². The summed E-state index contributed by atoms with van der Waals surface area (Å²) in [5.41, 5.74) is 4.63. The van der Waals surface area contributed by atoms with Crippen molar-refractivity contribution in [3.63, 3.8) is 0 Å². The van der Waals surface area contributed by atoms with E-state index in [1.54, 1.807) is 11.7 Å². The highest BCUT2D eigenvalue weighted by atomic mass is 16.4. The maximum atomic E-state index is 10.8. The van der Waals surface area contributed by atoms with Crippen LogP contribution in [0, 0.1) is 6.92 Å². The number of H-pyrrole nitrogens is 1. The Balaban J connectivity index is 2.16. The average molecular weight is 269 g/mol. The van der Waals surface area contributed by atoms with E-state index < -0.39 is 5.97 Å². The predicted octanol–water partition coefficient (Wildman–Crippen LogP) is 2.50. The third-order valence-corrected chi connectivity index (χ3v) is 3.46. The summed E-state index contributed by atoms with van der Waals surface area (Å²) in [4.78, 5) is 14.2. The van der Waals surface area contributed by atoms with Crippen molar-refractivity contribution in [3.05, 3.63) is 41.7 Å². The van der Waals surface area contributed by atoms with Crippen molar-refractivity contribution in [1.82, 2.24) is 14.8 Å². The lowest BCUT2D eigenvalue weighted by molar-refractivity contribution is -0.136. The van der Waals surface area contributed by atoms with E-state index in [2.05, 4.69) is 10.1 Å². The molecule has 0 saturated heterocycles. The van der Waals surface area contributed by atoms with Crippen LogP contribution in [-0.2, 0) is 18.3 Å². The van der Waals surface area contributed by atoms with E-state index in [1.807, 2.05) is 37.3 Å². The van der Waals surface area contributed by atoms with Gasteiger partial charge in [-0.1, -0.05) is 18.2 Å². The summed E-state index contributed by atoms with van der Waals surface area (Å²) in [5.74, 6) is -0.852. The Morgan fingerprint density at radius 1 is 1.40 bits per heavy atom. The van der Waals surface area contributed by atoms with Crippen LogP contribution in [0.3, 0.4) is 0 Å². The van der Waals surface area contributed by atoms with Crippen LogP contribution in [0.25, 0.3) is 22.2 Å². The van der Waals surface area contributed by atoms with Gasteiger partial charge in [0.25, 0.3) is 0 Å². The van der Waals surface area contributed by atoms with Gasteiger partial charge < -0.3 is 10.1 Å². The van der Waals surface area contributed by atoms with E-state index in [0.717, 1.165) is 27.9 Å². The molecule has 0 amide bonds. The predicted molar refractivity (Wildman–Crippen MR) is 76.6 cm³/mol. The maximum Gasteiger partial charge on any atom is 0.309 e. The zero-order valence-corrected chi connectivity index (χ0v) is 11.3. The molecule has 0 aliphatic rings. The van der Waals surface area contributed by atoms with Crippen LogP contribution in [0.5, 0.6) is 0 Å². The van der Waals surface area contributed by atoms with Gasteiger partial charge in [-0.3, -0.25) is 9.48 Å². The summed E-state index contributed by atoms with van der Waals surface area (Å²) in [6, 6.07) is 9.87. The monoisotopic (exact) mass is 269 g/mol. The largest absolute Gasteiger partial charge is 0.481 e. The van der Waals surface area contributed by atoms with Crippen LogP contribution in [0.1, 0.15) is 11.4 Å². The van der Waals surface area contributed by atoms with Crippen molar-refractivity contribution >= 4 is 16.9 Å². The highest BCUT2D eigenvalue weighted by molar-refractivity contribution is 5.96. The van der Waals surface area contributed by atoms with Gasteiger partial charge in [-0.2, -0.15) is 5.10 Å². The summed E-state index contributed by atoms with van der Waals surface area (Å²) in [5, 5.41) is 14.5. The topological polar surface area (TPSA) is 70.9 Å². The van der Waals surface area contributed by atoms with E-state index >= 15 is 0 Å². The number of nitrogens with zero attached hydrogens (tertiary/aromatic N) is 2. The van der Waals surface area contributed by atoms with Gasteiger partial charge in [-0.25, -0.2) is 0 Å². The molecule has 0 radical (unpaired) electrons. The van der Waals surface area contributed by atoms with Crippen LogP contribution < -0.4 is 0 Å². The third-order valence-electron chi connectivity index (χ3n) is 3.46. The van der Waals surface area contributed by atoms with Crippen molar-refractivity contribution < 1.29 is 9.90 Å². The highest BCUT2D eigenvalue weighted by Gasteiger charge is 2.15. The summed E-state index contributed by atoms with van der Waals surface area (Å²) >= 11 is 0. The Bertz CT molecular complexity index is 799. The Morgan fingerprint density at radius 3 is 2.90 bits per heavy atom. The van der Waals surface area contributed by atoms with Crippen molar-refractivity contribution in [1.29, 1.82) is 0 Å². The number of aromatic amines is 1. The number of rotatable bonds is 3. The van der Waals surface area contributed by atoms with Crippen LogP contribution in [-0.4, -0.2) is 25.8 Å². The summed E-state index contributed by atoms with van der Waals surface area (Å²) < 4.78 is 1.63. The normalized spacial score (nSPS) is 11.1. The number of carboxylic acid groups (broad SMARTS) is 1. The molecule has 0 aliphatic heterocycles. The molecule has 0 aliphatic carbocycles. The zero-order valence-electron chi connectivity index (χ0n) is 11.3. The molecule has 2 N–H and O–H groups in total. The molecule has 0 atom stereocenters. The van der Waals surface area contributed by atoms with Gasteiger partial charge in [0.05, 0.1) is 12.1 Å². The van der Waals surface area contributed by atoms with Gasteiger partial charge in [0.1, 0.15) is 0 Å². The highest BCUT2D eigenvalue weighted by Crippen LogP contribution is 2.31. The standard InChI is InChI=1S/C15H15N3O2/c1-9-15(11-5-3-4-6-12(11)16-9)13-7-10(8-14(19)20)18(2)17-13/h3-7,16H,8H2,1-2H3,(H,19,20). The van der Waals surface area contributed by atoms with Gasteiger partial charge in [-0.15, -0.1) is 0 Å². The first kappa shape index (κ1) is 12.5. The number of hydrogen-bond acceptors (Lipinski definition) is 2. The third kappa shape index (κ3) is 1.97. The first-order valence-corrected chi connectivity index (χ1v) is 6.38. The second kappa shape index (κ2) is 4.52. The fraction of sp³-hybridized carbons (Fsp3) is 0.200.